The maximum Gasteiger partial charge on any atom is 0.141 e. The molecule has 1 N–H and O–H groups in total. The first-order chi connectivity index (χ1) is 8.31. The molecule has 4 heteroatoms. The highest BCUT2D eigenvalue weighted by Gasteiger charge is 2.19. The van der Waals surface area contributed by atoms with Crippen molar-refractivity contribution in [3.05, 3.63) is 29.8 Å². The monoisotopic (exact) mass is 238 g/mol. The van der Waals surface area contributed by atoms with Gasteiger partial charge in [0, 0.05) is 38.3 Å². The summed E-state index contributed by atoms with van der Waals surface area (Å²) in [5.74, 6) is 0.634. The molecule has 0 amide bonds. The van der Waals surface area contributed by atoms with Gasteiger partial charge in [-0.3, -0.25) is 4.90 Å². The quantitative estimate of drug-likeness (QED) is 0.862. The second-order valence-electron chi connectivity index (χ2n) is 4.26. The number of halogens is 1. The van der Waals surface area contributed by atoms with Crippen LogP contribution in [0.5, 0.6) is 5.75 Å². The van der Waals surface area contributed by atoms with Crippen LogP contribution in [0.3, 0.4) is 0 Å². The summed E-state index contributed by atoms with van der Waals surface area (Å²) in [6, 6.07) is 7.31. The van der Waals surface area contributed by atoms with Gasteiger partial charge in [-0.05, 0) is 6.07 Å². The van der Waals surface area contributed by atoms with Crippen LogP contribution in [0.15, 0.2) is 24.3 Å². The fourth-order valence-corrected chi connectivity index (χ4v) is 2.14. The molecular formula is C13H19FN2O. The first-order valence-electron chi connectivity index (χ1n) is 6.01. The summed E-state index contributed by atoms with van der Waals surface area (Å²) in [5, 5.41) is 3.26. The first kappa shape index (κ1) is 12.3. The highest BCUT2D eigenvalue weighted by atomic mass is 19.1. The van der Waals surface area contributed by atoms with Gasteiger partial charge in [0.2, 0.25) is 0 Å². The highest BCUT2D eigenvalue weighted by Crippen LogP contribution is 2.28. The largest absolute Gasteiger partial charge is 0.496 e. The summed E-state index contributed by atoms with van der Waals surface area (Å²) in [6.45, 7) is 4.16. The van der Waals surface area contributed by atoms with E-state index in [1.54, 1.807) is 19.2 Å². The van der Waals surface area contributed by atoms with Crippen molar-refractivity contribution in [3.63, 3.8) is 0 Å². The number of methoxy groups -OCH3 is 1. The number of nitrogens with zero attached hydrogens (tertiary/aromatic N) is 1. The van der Waals surface area contributed by atoms with E-state index in [0.29, 0.717) is 17.9 Å². The van der Waals surface area contributed by atoms with E-state index in [-0.39, 0.29) is 0 Å². The zero-order valence-corrected chi connectivity index (χ0v) is 10.2. The van der Waals surface area contributed by atoms with Crippen LogP contribution < -0.4 is 10.1 Å². The van der Waals surface area contributed by atoms with Crippen LogP contribution in [0, 0.1) is 0 Å². The van der Waals surface area contributed by atoms with E-state index in [1.165, 1.54) is 0 Å². The van der Waals surface area contributed by atoms with E-state index in [0.717, 1.165) is 26.2 Å². The number of hydrogen-bond acceptors (Lipinski definition) is 3. The minimum absolute atomic E-state index is 0.446. The zero-order chi connectivity index (χ0) is 12.1. The Kier molecular flexibility index (Phi) is 4.34. The number of ether oxygens (including phenoxy) is 1. The third kappa shape index (κ3) is 3.17. The number of para-hydroxylation sites is 1. The first-order valence-corrected chi connectivity index (χ1v) is 6.01. The lowest BCUT2D eigenvalue weighted by Crippen LogP contribution is -2.44. The van der Waals surface area contributed by atoms with E-state index in [9.17, 15) is 4.39 Å². The fraction of sp³-hybridized carbons (Fsp3) is 0.538. The average Bonchev–Trinajstić information content (AvgIpc) is 2.40. The molecular weight excluding hydrogens is 219 g/mol. The van der Waals surface area contributed by atoms with Gasteiger partial charge in [-0.2, -0.15) is 0 Å². The lowest BCUT2D eigenvalue weighted by Gasteiger charge is -2.28. The predicted molar refractivity (Wildman–Crippen MR) is 66.2 cm³/mol. The molecule has 1 fully saturated rings. The standard InChI is InChI=1S/C13H19FN2O/c1-17-13-5-3-2-4-11(13)12(14)10-16-8-6-15-7-9-16/h2-5,12,15H,6-10H2,1H3/t12-/m0/s1. The van der Waals surface area contributed by atoms with Gasteiger partial charge < -0.3 is 10.1 Å². The number of benzene rings is 1. The number of rotatable bonds is 4. The molecule has 1 aromatic rings. The Balaban J connectivity index is 2.00. The molecule has 0 spiro atoms. The Bertz CT molecular complexity index is 353. The minimum Gasteiger partial charge on any atom is -0.496 e. The van der Waals surface area contributed by atoms with Crippen LogP contribution >= 0.6 is 0 Å². The van der Waals surface area contributed by atoms with Crippen molar-refractivity contribution in [1.29, 1.82) is 0 Å². The smallest absolute Gasteiger partial charge is 0.141 e. The van der Waals surface area contributed by atoms with Crippen LogP contribution in [0.2, 0.25) is 0 Å². The molecule has 1 saturated heterocycles. The Hall–Kier alpha value is -1.13. The van der Waals surface area contributed by atoms with Crippen molar-refractivity contribution < 1.29 is 9.13 Å². The van der Waals surface area contributed by atoms with Crippen molar-refractivity contribution in [3.8, 4) is 5.75 Å². The molecule has 1 atom stereocenters. The lowest BCUT2D eigenvalue weighted by atomic mass is 10.1. The SMILES string of the molecule is COc1ccccc1[C@@H](F)CN1CCNCC1. The van der Waals surface area contributed by atoms with Crippen molar-refractivity contribution in [1.82, 2.24) is 10.2 Å². The molecule has 94 valence electrons. The minimum atomic E-state index is -0.982. The van der Waals surface area contributed by atoms with Gasteiger partial charge in [0.1, 0.15) is 11.9 Å². The predicted octanol–water partition coefficient (Wildman–Crippen LogP) is 1.61. The number of nitrogens with one attached hydrogen (secondary N) is 1. The van der Waals surface area contributed by atoms with Gasteiger partial charge in [0.05, 0.1) is 7.11 Å². The van der Waals surface area contributed by atoms with Gasteiger partial charge in [0.25, 0.3) is 0 Å². The van der Waals surface area contributed by atoms with E-state index in [4.69, 9.17) is 4.74 Å². The molecule has 17 heavy (non-hydrogen) atoms. The molecule has 0 saturated carbocycles. The van der Waals surface area contributed by atoms with Crippen molar-refractivity contribution in [2.45, 2.75) is 6.17 Å². The zero-order valence-electron chi connectivity index (χ0n) is 10.2. The summed E-state index contributed by atoms with van der Waals surface area (Å²) >= 11 is 0. The summed E-state index contributed by atoms with van der Waals surface area (Å²) < 4.78 is 19.4. The number of hydrogen-bond donors (Lipinski definition) is 1. The number of piperazine rings is 1. The van der Waals surface area contributed by atoms with Crippen molar-refractivity contribution in [2.24, 2.45) is 0 Å². The molecule has 1 aromatic carbocycles. The molecule has 2 rings (SSSR count). The van der Waals surface area contributed by atoms with Crippen LogP contribution in [-0.4, -0.2) is 44.7 Å². The van der Waals surface area contributed by atoms with Crippen LogP contribution in [-0.2, 0) is 0 Å². The third-order valence-electron chi connectivity index (χ3n) is 3.10. The lowest BCUT2D eigenvalue weighted by molar-refractivity contribution is 0.173. The molecule has 0 radical (unpaired) electrons. The van der Waals surface area contributed by atoms with Gasteiger partial charge in [0.15, 0.2) is 0 Å². The molecule has 0 unspecified atom stereocenters. The second-order valence-corrected chi connectivity index (χ2v) is 4.26. The summed E-state index contributed by atoms with van der Waals surface area (Å²) in [5.41, 5.74) is 0.647. The van der Waals surface area contributed by atoms with Crippen LogP contribution in [0.4, 0.5) is 4.39 Å². The van der Waals surface area contributed by atoms with E-state index < -0.39 is 6.17 Å². The molecule has 0 bridgehead atoms. The third-order valence-corrected chi connectivity index (χ3v) is 3.10. The Morgan fingerprint density at radius 3 is 2.76 bits per heavy atom. The van der Waals surface area contributed by atoms with Crippen LogP contribution in [0.25, 0.3) is 0 Å². The molecule has 1 heterocycles. The van der Waals surface area contributed by atoms with E-state index >= 15 is 0 Å². The van der Waals surface area contributed by atoms with E-state index in [1.807, 2.05) is 12.1 Å². The van der Waals surface area contributed by atoms with Crippen molar-refractivity contribution >= 4 is 0 Å². The maximum atomic E-state index is 14.2. The van der Waals surface area contributed by atoms with Crippen molar-refractivity contribution in [2.75, 3.05) is 39.8 Å². The number of alkyl halides is 1. The van der Waals surface area contributed by atoms with Crippen LogP contribution in [0.1, 0.15) is 11.7 Å². The average molecular weight is 238 g/mol. The maximum absolute atomic E-state index is 14.2. The van der Waals surface area contributed by atoms with E-state index in [2.05, 4.69) is 10.2 Å². The summed E-state index contributed by atoms with van der Waals surface area (Å²) in [4.78, 5) is 2.15. The Morgan fingerprint density at radius 1 is 1.35 bits per heavy atom. The van der Waals surface area contributed by atoms with Gasteiger partial charge in [-0.1, -0.05) is 18.2 Å². The molecule has 1 aliphatic heterocycles. The Labute approximate surface area is 102 Å². The van der Waals surface area contributed by atoms with Gasteiger partial charge in [-0.15, -0.1) is 0 Å². The fourth-order valence-electron chi connectivity index (χ4n) is 2.14. The topological polar surface area (TPSA) is 24.5 Å². The summed E-state index contributed by atoms with van der Waals surface area (Å²) in [6.07, 6.45) is -0.982. The van der Waals surface area contributed by atoms with Gasteiger partial charge >= 0.3 is 0 Å². The Morgan fingerprint density at radius 2 is 2.06 bits per heavy atom. The summed E-state index contributed by atoms with van der Waals surface area (Å²) in [7, 11) is 1.58. The second kappa shape index (κ2) is 5.98. The highest BCUT2D eigenvalue weighted by molar-refractivity contribution is 5.35. The molecule has 1 aliphatic rings. The van der Waals surface area contributed by atoms with Gasteiger partial charge in [-0.25, -0.2) is 4.39 Å². The normalized spacial score (nSPS) is 18.9. The molecule has 0 aliphatic carbocycles. The molecule has 3 nitrogen and oxygen atoms in total. The molecule has 0 aromatic heterocycles.